The Balaban J connectivity index is 2.79. The van der Waals surface area contributed by atoms with Gasteiger partial charge in [-0.15, -0.1) is 6.58 Å². The number of ether oxygens (including phenoxy) is 1. The molecule has 6 nitrogen and oxygen atoms in total. The molecule has 1 unspecified atom stereocenters. The second-order valence-corrected chi connectivity index (χ2v) is 4.19. The van der Waals surface area contributed by atoms with Gasteiger partial charge in [0, 0.05) is 12.7 Å². The number of nitrogens with two attached hydrogens (primary N) is 1. The quantitative estimate of drug-likeness (QED) is 0.557. The molecule has 0 spiro atoms. The van der Waals surface area contributed by atoms with Gasteiger partial charge in [0.2, 0.25) is 0 Å². The Bertz CT molecular complexity index is 514. The first-order valence-electron chi connectivity index (χ1n) is 6.16. The third-order valence-corrected chi connectivity index (χ3v) is 2.59. The van der Waals surface area contributed by atoms with Gasteiger partial charge < -0.3 is 15.8 Å². The number of rotatable bonds is 5. The van der Waals surface area contributed by atoms with Crippen LogP contribution in [0.5, 0.6) is 5.75 Å². The lowest BCUT2D eigenvalue weighted by molar-refractivity contribution is -0.126. The fraction of sp³-hybridized carbons (Fsp3) is 0.286. The minimum atomic E-state index is -0.806. The molecular formula is C14H19N3O3. The van der Waals surface area contributed by atoms with Crippen LogP contribution in [0.2, 0.25) is 0 Å². The van der Waals surface area contributed by atoms with Gasteiger partial charge in [-0.05, 0) is 37.1 Å². The molecule has 0 aliphatic rings. The van der Waals surface area contributed by atoms with Crippen LogP contribution in [0.3, 0.4) is 0 Å². The molecule has 108 valence electrons. The predicted molar refractivity (Wildman–Crippen MR) is 77.4 cm³/mol. The molecule has 0 saturated carbocycles. The van der Waals surface area contributed by atoms with Crippen LogP contribution < -0.4 is 21.1 Å². The van der Waals surface area contributed by atoms with E-state index in [0.29, 0.717) is 17.9 Å². The van der Waals surface area contributed by atoms with Crippen molar-refractivity contribution in [2.75, 3.05) is 12.8 Å². The minimum absolute atomic E-state index is 0.522. The summed E-state index contributed by atoms with van der Waals surface area (Å²) in [6.07, 6.45) is 1.49. The van der Waals surface area contributed by atoms with Crippen molar-refractivity contribution in [2.45, 2.75) is 19.4 Å². The van der Waals surface area contributed by atoms with E-state index in [4.69, 9.17) is 10.5 Å². The number of imide groups is 1. The third-order valence-electron chi connectivity index (χ3n) is 2.59. The van der Waals surface area contributed by atoms with E-state index in [2.05, 4.69) is 17.2 Å². The molecule has 3 amide bonds. The molecule has 0 aromatic heterocycles. The highest BCUT2D eigenvalue weighted by molar-refractivity contribution is 5.96. The Kier molecular flexibility index (Phi) is 5.58. The molecule has 1 atom stereocenters. The summed E-state index contributed by atoms with van der Waals surface area (Å²) in [5, 5.41) is 4.45. The van der Waals surface area contributed by atoms with Crippen LogP contribution in [0.15, 0.2) is 30.9 Å². The van der Waals surface area contributed by atoms with Crippen LogP contribution in [-0.2, 0) is 11.2 Å². The van der Waals surface area contributed by atoms with Gasteiger partial charge in [0.15, 0.2) is 6.10 Å². The van der Waals surface area contributed by atoms with E-state index in [1.807, 2.05) is 0 Å². The van der Waals surface area contributed by atoms with Crippen molar-refractivity contribution >= 4 is 17.6 Å². The molecule has 1 aromatic rings. The number of benzene rings is 1. The lowest BCUT2D eigenvalue weighted by atomic mass is 10.1. The monoisotopic (exact) mass is 277 g/mol. The van der Waals surface area contributed by atoms with Gasteiger partial charge in [0.05, 0.1) is 0 Å². The molecule has 4 N–H and O–H groups in total. The number of hydrogen-bond donors (Lipinski definition) is 3. The van der Waals surface area contributed by atoms with Crippen molar-refractivity contribution in [3.8, 4) is 5.75 Å². The van der Waals surface area contributed by atoms with Crippen molar-refractivity contribution in [3.63, 3.8) is 0 Å². The molecule has 1 aromatic carbocycles. The first kappa shape index (κ1) is 15.6. The van der Waals surface area contributed by atoms with E-state index in [1.54, 1.807) is 31.2 Å². The molecule has 0 aliphatic heterocycles. The smallest absolute Gasteiger partial charge is 0.321 e. The average Bonchev–Trinajstić information content (AvgIpc) is 2.41. The number of amides is 3. The van der Waals surface area contributed by atoms with Gasteiger partial charge in [0.25, 0.3) is 5.91 Å². The standard InChI is InChI=1S/C14H19N3O3/c1-4-5-10-8-11(15)6-7-12(10)20-9(2)13(18)17-14(19)16-3/h4,6-9H,1,5,15H2,2-3H3,(H2,16,17,18,19). The first-order valence-corrected chi connectivity index (χ1v) is 6.16. The summed E-state index contributed by atoms with van der Waals surface area (Å²) < 4.78 is 5.56. The van der Waals surface area contributed by atoms with Crippen molar-refractivity contribution in [3.05, 3.63) is 36.4 Å². The number of carbonyl (C=O) groups excluding carboxylic acids is 2. The number of nitrogen functional groups attached to an aromatic ring is 1. The highest BCUT2D eigenvalue weighted by Gasteiger charge is 2.18. The maximum Gasteiger partial charge on any atom is 0.321 e. The molecule has 0 aliphatic carbocycles. The van der Waals surface area contributed by atoms with E-state index in [1.165, 1.54) is 7.05 Å². The largest absolute Gasteiger partial charge is 0.481 e. The molecule has 0 fully saturated rings. The van der Waals surface area contributed by atoms with Crippen LogP contribution in [-0.4, -0.2) is 25.1 Å². The number of carbonyl (C=O) groups is 2. The van der Waals surface area contributed by atoms with Crippen LogP contribution in [0.25, 0.3) is 0 Å². The average molecular weight is 277 g/mol. The van der Waals surface area contributed by atoms with Gasteiger partial charge in [-0.1, -0.05) is 6.08 Å². The van der Waals surface area contributed by atoms with E-state index in [0.717, 1.165) is 5.56 Å². The van der Waals surface area contributed by atoms with Crippen LogP contribution in [0.1, 0.15) is 12.5 Å². The number of anilines is 1. The van der Waals surface area contributed by atoms with Crippen molar-refractivity contribution in [1.82, 2.24) is 10.6 Å². The molecule has 0 saturated heterocycles. The highest BCUT2D eigenvalue weighted by Crippen LogP contribution is 2.23. The zero-order valence-corrected chi connectivity index (χ0v) is 11.6. The van der Waals surface area contributed by atoms with Gasteiger partial charge in [-0.25, -0.2) is 4.79 Å². The number of hydrogen-bond acceptors (Lipinski definition) is 4. The molecule has 0 bridgehead atoms. The van der Waals surface area contributed by atoms with Crippen LogP contribution >= 0.6 is 0 Å². The Labute approximate surface area is 118 Å². The third kappa shape index (κ3) is 4.31. The van der Waals surface area contributed by atoms with Crippen LogP contribution in [0.4, 0.5) is 10.5 Å². The van der Waals surface area contributed by atoms with Gasteiger partial charge in [-0.3, -0.25) is 10.1 Å². The summed E-state index contributed by atoms with van der Waals surface area (Å²) in [4.78, 5) is 22.8. The van der Waals surface area contributed by atoms with Gasteiger partial charge in [0.1, 0.15) is 5.75 Å². The second kappa shape index (κ2) is 7.18. The van der Waals surface area contributed by atoms with E-state index < -0.39 is 18.0 Å². The topological polar surface area (TPSA) is 93.4 Å². The first-order chi connectivity index (χ1) is 9.47. The SMILES string of the molecule is C=CCc1cc(N)ccc1OC(C)C(=O)NC(=O)NC. The van der Waals surface area contributed by atoms with E-state index >= 15 is 0 Å². The second-order valence-electron chi connectivity index (χ2n) is 4.19. The summed E-state index contributed by atoms with van der Waals surface area (Å²) in [7, 11) is 1.43. The number of urea groups is 1. The summed E-state index contributed by atoms with van der Waals surface area (Å²) in [6.45, 7) is 5.22. The Morgan fingerprint density at radius 3 is 2.80 bits per heavy atom. The van der Waals surface area contributed by atoms with Gasteiger partial charge in [-0.2, -0.15) is 0 Å². The summed E-state index contributed by atoms with van der Waals surface area (Å²) in [5.41, 5.74) is 7.15. The maximum atomic E-state index is 11.7. The number of allylic oxidation sites excluding steroid dienone is 1. The zero-order chi connectivity index (χ0) is 15.1. The Hall–Kier alpha value is -2.50. The predicted octanol–water partition coefficient (Wildman–Crippen LogP) is 1.22. The van der Waals surface area contributed by atoms with Crippen LogP contribution in [0, 0.1) is 0 Å². The Morgan fingerprint density at radius 1 is 1.50 bits per heavy atom. The Morgan fingerprint density at radius 2 is 2.20 bits per heavy atom. The minimum Gasteiger partial charge on any atom is -0.481 e. The zero-order valence-electron chi connectivity index (χ0n) is 11.6. The maximum absolute atomic E-state index is 11.7. The van der Waals surface area contributed by atoms with Crippen molar-refractivity contribution < 1.29 is 14.3 Å². The van der Waals surface area contributed by atoms with Crippen molar-refractivity contribution in [2.24, 2.45) is 0 Å². The summed E-state index contributed by atoms with van der Waals surface area (Å²) in [5.74, 6) is 0.0179. The highest BCUT2D eigenvalue weighted by atomic mass is 16.5. The molecule has 1 rings (SSSR count). The molecule has 6 heteroatoms. The fourth-order valence-electron chi connectivity index (χ4n) is 1.55. The van der Waals surface area contributed by atoms with Gasteiger partial charge >= 0.3 is 6.03 Å². The summed E-state index contributed by atoms with van der Waals surface area (Å²) >= 11 is 0. The lowest BCUT2D eigenvalue weighted by Crippen LogP contribution is -2.44. The fourth-order valence-corrected chi connectivity index (χ4v) is 1.55. The number of nitrogens with one attached hydrogen (secondary N) is 2. The lowest BCUT2D eigenvalue weighted by Gasteiger charge is -2.16. The normalized spacial score (nSPS) is 11.3. The molecular weight excluding hydrogens is 258 g/mol. The molecule has 0 radical (unpaired) electrons. The van der Waals surface area contributed by atoms with E-state index in [-0.39, 0.29) is 0 Å². The molecule has 20 heavy (non-hydrogen) atoms. The molecule has 0 heterocycles. The van der Waals surface area contributed by atoms with E-state index in [9.17, 15) is 9.59 Å². The summed E-state index contributed by atoms with van der Waals surface area (Å²) in [6, 6.07) is 4.57. The van der Waals surface area contributed by atoms with Crippen molar-refractivity contribution in [1.29, 1.82) is 0 Å².